The molecule has 0 unspecified atom stereocenters. The van der Waals surface area contributed by atoms with Crippen LogP contribution in [0.1, 0.15) is 13.3 Å². The van der Waals surface area contributed by atoms with E-state index in [-0.39, 0.29) is 23.9 Å². The van der Waals surface area contributed by atoms with Crippen LogP contribution in [0.3, 0.4) is 0 Å². The number of hydrogen-bond acceptors (Lipinski definition) is 4. The van der Waals surface area contributed by atoms with E-state index in [1.165, 1.54) is 6.92 Å². The molecule has 1 fully saturated rings. The first-order valence-corrected chi connectivity index (χ1v) is 6.89. The van der Waals surface area contributed by atoms with Crippen molar-refractivity contribution in [3.8, 4) is 0 Å². The summed E-state index contributed by atoms with van der Waals surface area (Å²) in [5.41, 5.74) is 0. The molecule has 3 atom stereocenters. The number of ether oxygens (including phenoxy) is 3. The fourth-order valence-corrected chi connectivity index (χ4v) is 4.54. The van der Waals surface area contributed by atoms with Gasteiger partial charge in [-0.3, -0.25) is 4.79 Å². The fraction of sp³-hybridized carbons (Fsp3) is 0.727. The molecule has 2 rings (SSSR count). The zero-order valence-electron chi connectivity index (χ0n) is 9.83. The fourth-order valence-electron chi connectivity index (χ4n) is 2.89. The third-order valence-corrected chi connectivity index (χ3v) is 5.95. The Kier molecular flexibility index (Phi) is 3.69. The lowest BCUT2D eigenvalue weighted by Crippen LogP contribution is -2.42. The first-order valence-electron chi connectivity index (χ1n) is 5.30. The highest BCUT2D eigenvalue weighted by molar-refractivity contribution is 9.14. The van der Waals surface area contributed by atoms with Gasteiger partial charge in [0.1, 0.15) is 6.10 Å². The number of hydrogen-bond donors (Lipinski definition) is 0. The van der Waals surface area contributed by atoms with Gasteiger partial charge in [0.2, 0.25) is 0 Å². The van der Waals surface area contributed by atoms with Crippen molar-refractivity contribution in [2.45, 2.75) is 25.2 Å². The highest BCUT2D eigenvalue weighted by atomic mass is 79.9. The van der Waals surface area contributed by atoms with E-state index in [0.29, 0.717) is 6.42 Å². The van der Waals surface area contributed by atoms with Crippen molar-refractivity contribution < 1.29 is 19.0 Å². The van der Waals surface area contributed by atoms with Gasteiger partial charge < -0.3 is 14.2 Å². The van der Waals surface area contributed by atoms with E-state index in [9.17, 15) is 4.79 Å². The molecule has 96 valence electrons. The average Bonchev–Trinajstić information content (AvgIpc) is 2.69. The molecule has 0 aromatic heterocycles. The maximum absolute atomic E-state index is 11.1. The minimum absolute atomic E-state index is 0.0567. The molecule has 0 N–H and O–H groups in total. The van der Waals surface area contributed by atoms with Crippen molar-refractivity contribution in [2.24, 2.45) is 11.8 Å². The molecule has 0 radical (unpaired) electrons. The zero-order valence-corrected chi connectivity index (χ0v) is 13.0. The van der Waals surface area contributed by atoms with Crippen molar-refractivity contribution in [3.05, 3.63) is 8.96 Å². The van der Waals surface area contributed by atoms with E-state index < -0.39 is 5.79 Å². The lowest BCUT2D eigenvalue weighted by Gasteiger charge is -2.32. The maximum atomic E-state index is 11.1. The molecule has 4 nitrogen and oxygen atoms in total. The van der Waals surface area contributed by atoms with Gasteiger partial charge in [0.15, 0.2) is 5.79 Å². The highest BCUT2D eigenvalue weighted by Gasteiger charge is 2.65. The van der Waals surface area contributed by atoms with Gasteiger partial charge in [-0.1, -0.05) is 31.9 Å². The van der Waals surface area contributed by atoms with Gasteiger partial charge >= 0.3 is 5.97 Å². The largest absolute Gasteiger partial charge is 0.462 e. The molecule has 0 aromatic rings. The number of esters is 1. The second-order valence-electron chi connectivity index (χ2n) is 4.24. The number of carbonyl (C=O) groups excluding carboxylic acids is 1. The van der Waals surface area contributed by atoms with E-state index in [0.717, 1.165) is 8.96 Å². The summed E-state index contributed by atoms with van der Waals surface area (Å²) in [6.07, 6.45) is 0.509. The standard InChI is InChI=1S/C11H14Br2O4/c1-5(14)17-7-4-6-9(12)10(13)8(7)11(6,15-2)16-3/h6-8H,4H2,1-3H3/t6-,7-,8+/m0/s1. The maximum Gasteiger partial charge on any atom is 0.302 e. The quantitative estimate of drug-likeness (QED) is 0.566. The van der Waals surface area contributed by atoms with Crippen molar-refractivity contribution in [1.29, 1.82) is 0 Å². The predicted molar refractivity (Wildman–Crippen MR) is 68.8 cm³/mol. The molecule has 0 aromatic carbocycles. The Morgan fingerprint density at radius 2 is 1.88 bits per heavy atom. The molecule has 0 amide bonds. The van der Waals surface area contributed by atoms with Gasteiger partial charge in [0.05, 0.1) is 5.92 Å². The van der Waals surface area contributed by atoms with Gasteiger partial charge in [-0.15, -0.1) is 0 Å². The number of carbonyl (C=O) groups is 1. The van der Waals surface area contributed by atoms with Crippen LogP contribution >= 0.6 is 31.9 Å². The summed E-state index contributed by atoms with van der Waals surface area (Å²) in [6.45, 7) is 1.42. The van der Waals surface area contributed by atoms with E-state index in [2.05, 4.69) is 31.9 Å². The minimum atomic E-state index is -0.738. The van der Waals surface area contributed by atoms with Crippen LogP contribution in [-0.2, 0) is 19.0 Å². The molecule has 2 aliphatic carbocycles. The summed E-state index contributed by atoms with van der Waals surface area (Å²) in [5, 5.41) is 0. The molecule has 6 heteroatoms. The molecule has 2 bridgehead atoms. The molecular weight excluding hydrogens is 356 g/mol. The molecule has 17 heavy (non-hydrogen) atoms. The number of methoxy groups -OCH3 is 2. The zero-order chi connectivity index (χ0) is 12.8. The third-order valence-electron chi connectivity index (χ3n) is 3.52. The number of rotatable bonds is 3. The highest BCUT2D eigenvalue weighted by Crippen LogP contribution is 2.61. The second-order valence-corrected chi connectivity index (χ2v) is 5.95. The van der Waals surface area contributed by atoms with Crippen LogP contribution in [0.15, 0.2) is 8.96 Å². The summed E-state index contributed by atoms with van der Waals surface area (Å²) in [4.78, 5) is 11.1. The Bertz CT molecular complexity index is 376. The summed E-state index contributed by atoms with van der Waals surface area (Å²) < 4.78 is 18.5. The van der Waals surface area contributed by atoms with Gasteiger partial charge in [0, 0.05) is 36.0 Å². The van der Waals surface area contributed by atoms with Gasteiger partial charge in [-0.2, -0.15) is 0 Å². The van der Waals surface area contributed by atoms with Gasteiger partial charge in [0.25, 0.3) is 0 Å². The number of halogens is 2. The Morgan fingerprint density at radius 1 is 1.29 bits per heavy atom. The lowest BCUT2D eigenvalue weighted by molar-refractivity contribution is -0.235. The number of fused-ring (bicyclic) bond motifs is 2. The first-order chi connectivity index (χ1) is 7.97. The van der Waals surface area contributed by atoms with E-state index in [1.807, 2.05) is 0 Å². The summed E-state index contributed by atoms with van der Waals surface area (Å²) >= 11 is 7.07. The Labute approximate surface area is 117 Å². The van der Waals surface area contributed by atoms with Gasteiger partial charge in [-0.05, 0) is 6.42 Å². The topological polar surface area (TPSA) is 44.8 Å². The van der Waals surface area contributed by atoms with Crippen molar-refractivity contribution in [2.75, 3.05) is 14.2 Å². The smallest absolute Gasteiger partial charge is 0.302 e. The molecule has 0 saturated heterocycles. The van der Waals surface area contributed by atoms with Crippen LogP contribution < -0.4 is 0 Å². The van der Waals surface area contributed by atoms with Gasteiger partial charge in [-0.25, -0.2) is 0 Å². The molecule has 2 aliphatic rings. The van der Waals surface area contributed by atoms with Crippen molar-refractivity contribution in [1.82, 2.24) is 0 Å². The predicted octanol–water partition coefficient (Wildman–Crippen LogP) is 2.56. The second kappa shape index (κ2) is 4.64. The Morgan fingerprint density at radius 3 is 2.29 bits per heavy atom. The molecule has 0 spiro atoms. The van der Waals surface area contributed by atoms with Crippen LogP contribution in [0.2, 0.25) is 0 Å². The van der Waals surface area contributed by atoms with Crippen molar-refractivity contribution >= 4 is 37.8 Å². The van der Waals surface area contributed by atoms with E-state index in [1.54, 1.807) is 14.2 Å². The van der Waals surface area contributed by atoms with E-state index in [4.69, 9.17) is 14.2 Å². The normalized spacial score (nSPS) is 34.3. The SMILES string of the molecule is COC1(OC)[C@H]2C[C@H](OC(C)=O)[C@@H]1C(Br)=C2Br. The summed E-state index contributed by atoms with van der Waals surface area (Å²) in [6, 6.07) is 0. The molecule has 0 heterocycles. The monoisotopic (exact) mass is 368 g/mol. The molecule has 1 saturated carbocycles. The first kappa shape index (κ1) is 13.5. The van der Waals surface area contributed by atoms with Crippen LogP contribution in [0.4, 0.5) is 0 Å². The summed E-state index contributed by atoms with van der Waals surface area (Å²) in [5.74, 6) is -1.07. The average molecular weight is 370 g/mol. The minimum Gasteiger partial charge on any atom is -0.462 e. The summed E-state index contributed by atoms with van der Waals surface area (Å²) in [7, 11) is 3.23. The third kappa shape index (κ3) is 1.80. The van der Waals surface area contributed by atoms with Crippen LogP contribution in [-0.4, -0.2) is 32.1 Å². The Hall–Kier alpha value is 0.0900. The molecular formula is C11H14Br2O4. The van der Waals surface area contributed by atoms with Crippen molar-refractivity contribution in [3.63, 3.8) is 0 Å². The Balaban J connectivity index is 2.35. The lowest BCUT2D eigenvalue weighted by atomic mass is 10.0. The van der Waals surface area contributed by atoms with Crippen LogP contribution in [0.5, 0.6) is 0 Å². The van der Waals surface area contributed by atoms with Crippen LogP contribution in [0.25, 0.3) is 0 Å². The van der Waals surface area contributed by atoms with E-state index >= 15 is 0 Å². The molecule has 0 aliphatic heterocycles. The van der Waals surface area contributed by atoms with Crippen LogP contribution in [0, 0.1) is 11.8 Å².